The third kappa shape index (κ3) is 3.12. The summed E-state index contributed by atoms with van der Waals surface area (Å²) < 4.78 is 7.21. The number of likely N-dealkylation sites (N-methyl/N-ethyl adjacent to an activating group) is 1. The van der Waals surface area contributed by atoms with Crippen LogP contribution in [0.3, 0.4) is 0 Å². The van der Waals surface area contributed by atoms with Gasteiger partial charge >= 0.3 is 0 Å². The maximum Gasteiger partial charge on any atom is 0.161 e. The Hall–Kier alpha value is -1.99. The van der Waals surface area contributed by atoms with Crippen LogP contribution in [-0.4, -0.2) is 52.4 Å². The molecule has 108 valence electrons. The van der Waals surface area contributed by atoms with Crippen LogP contribution in [-0.2, 0) is 6.54 Å². The molecule has 2 rings (SSSR count). The van der Waals surface area contributed by atoms with Crippen LogP contribution in [0.1, 0.15) is 17.4 Å². The molecule has 20 heavy (non-hydrogen) atoms. The minimum atomic E-state index is -0.414. The maximum atomic E-state index is 6.29. The van der Waals surface area contributed by atoms with E-state index in [4.69, 9.17) is 10.5 Å². The van der Waals surface area contributed by atoms with Gasteiger partial charge in [-0.15, -0.1) is 0 Å². The van der Waals surface area contributed by atoms with Crippen LogP contribution < -0.4 is 10.5 Å². The van der Waals surface area contributed by atoms with E-state index < -0.39 is 6.04 Å². The van der Waals surface area contributed by atoms with E-state index >= 15 is 0 Å². The van der Waals surface area contributed by atoms with Crippen LogP contribution in [0.5, 0.6) is 5.75 Å². The van der Waals surface area contributed by atoms with Gasteiger partial charge in [-0.25, -0.2) is 0 Å². The second-order valence-electron chi connectivity index (χ2n) is 4.73. The van der Waals surface area contributed by atoms with Crippen LogP contribution in [0.25, 0.3) is 0 Å². The highest BCUT2D eigenvalue weighted by atomic mass is 16.5. The lowest BCUT2D eigenvalue weighted by atomic mass is 10.1. The molecule has 0 aliphatic carbocycles. The average Bonchev–Trinajstić information content (AvgIpc) is 2.88. The van der Waals surface area contributed by atoms with Crippen molar-refractivity contribution in [2.45, 2.75) is 12.6 Å². The van der Waals surface area contributed by atoms with Crippen molar-refractivity contribution in [3.8, 4) is 5.75 Å². The number of hydrogen-bond donors (Lipinski definition) is 1. The van der Waals surface area contributed by atoms with E-state index in [1.165, 1.54) is 0 Å². The fourth-order valence-electron chi connectivity index (χ4n) is 1.93. The molecule has 0 aromatic carbocycles. The second-order valence-corrected chi connectivity index (χ2v) is 4.73. The Labute approximate surface area is 118 Å². The Kier molecular flexibility index (Phi) is 4.65. The molecule has 0 radical (unpaired) electrons. The zero-order chi connectivity index (χ0) is 14.5. The topological polar surface area (TPSA) is 82.1 Å². The Morgan fingerprint density at radius 3 is 2.75 bits per heavy atom. The number of nitrogens with two attached hydrogens (primary N) is 1. The highest BCUT2D eigenvalue weighted by molar-refractivity contribution is 5.32. The van der Waals surface area contributed by atoms with Crippen molar-refractivity contribution in [2.75, 3.05) is 27.7 Å². The molecule has 0 saturated carbocycles. The number of ether oxygens (including phenoxy) is 1. The molecular formula is C13H20N6O. The summed E-state index contributed by atoms with van der Waals surface area (Å²) in [6, 6.07) is -0.414. The van der Waals surface area contributed by atoms with Crippen molar-refractivity contribution in [3.63, 3.8) is 0 Å². The smallest absolute Gasteiger partial charge is 0.161 e. The molecule has 7 nitrogen and oxygen atoms in total. The Bertz CT molecular complexity index is 539. The molecule has 0 aliphatic heterocycles. The van der Waals surface area contributed by atoms with Gasteiger partial charge in [0.15, 0.2) is 5.75 Å². The summed E-state index contributed by atoms with van der Waals surface area (Å²) >= 11 is 0. The first-order valence-electron chi connectivity index (χ1n) is 6.39. The fourth-order valence-corrected chi connectivity index (χ4v) is 1.93. The van der Waals surface area contributed by atoms with Gasteiger partial charge in [-0.2, -0.15) is 5.10 Å². The maximum absolute atomic E-state index is 6.29. The summed E-state index contributed by atoms with van der Waals surface area (Å²) in [5, 5.41) is 4.34. The van der Waals surface area contributed by atoms with Gasteiger partial charge in [0.1, 0.15) is 5.69 Å². The van der Waals surface area contributed by atoms with E-state index in [0.29, 0.717) is 11.4 Å². The lowest BCUT2D eigenvalue weighted by Gasteiger charge is -2.16. The standard InChI is InChI=1S/C13H20N6O/c1-18(2)6-7-19-13(11(20-3)9-17-19)12(14)10-8-15-4-5-16-10/h4-5,8-9,12H,6-7,14H2,1-3H3. The monoisotopic (exact) mass is 276 g/mol. The molecule has 1 atom stereocenters. The minimum absolute atomic E-state index is 0.414. The van der Waals surface area contributed by atoms with Crippen molar-refractivity contribution in [1.29, 1.82) is 0 Å². The summed E-state index contributed by atoms with van der Waals surface area (Å²) in [6.45, 7) is 1.60. The van der Waals surface area contributed by atoms with Crippen molar-refractivity contribution in [1.82, 2.24) is 24.6 Å². The van der Waals surface area contributed by atoms with Gasteiger partial charge in [0.25, 0.3) is 0 Å². The van der Waals surface area contributed by atoms with E-state index in [1.54, 1.807) is 31.9 Å². The highest BCUT2D eigenvalue weighted by Gasteiger charge is 2.21. The predicted octanol–water partition coefficient (Wildman–Crippen LogP) is 0.291. The molecule has 2 aromatic heterocycles. The van der Waals surface area contributed by atoms with Crippen molar-refractivity contribution < 1.29 is 4.74 Å². The molecule has 0 spiro atoms. The lowest BCUT2D eigenvalue weighted by molar-refractivity contribution is 0.363. The summed E-state index contributed by atoms with van der Waals surface area (Å²) in [6.07, 6.45) is 6.59. The van der Waals surface area contributed by atoms with Gasteiger partial charge in [-0.3, -0.25) is 14.6 Å². The molecule has 0 bridgehead atoms. The van der Waals surface area contributed by atoms with Crippen LogP contribution in [0.4, 0.5) is 0 Å². The Balaban J connectivity index is 2.30. The van der Waals surface area contributed by atoms with E-state index in [0.717, 1.165) is 18.8 Å². The largest absolute Gasteiger partial charge is 0.493 e. The molecule has 0 saturated heterocycles. The third-order valence-electron chi connectivity index (χ3n) is 3.02. The first-order valence-corrected chi connectivity index (χ1v) is 6.39. The molecule has 2 heterocycles. The number of hydrogen-bond acceptors (Lipinski definition) is 6. The van der Waals surface area contributed by atoms with Crippen molar-refractivity contribution >= 4 is 0 Å². The van der Waals surface area contributed by atoms with Gasteiger partial charge in [0.05, 0.1) is 37.8 Å². The first kappa shape index (κ1) is 14.4. The fraction of sp³-hybridized carbons (Fsp3) is 0.462. The van der Waals surface area contributed by atoms with Crippen molar-refractivity contribution in [2.24, 2.45) is 5.73 Å². The van der Waals surface area contributed by atoms with Gasteiger partial charge in [-0.1, -0.05) is 0 Å². The Morgan fingerprint density at radius 1 is 1.35 bits per heavy atom. The van der Waals surface area contributed by atoms with Gasteiger partial charge < -0.3 is 15.4 Å². The molecule has 1 unspecified atom stereocenters. The van der Waals surface area contributed by atoms with Gasteiger partial charge in [0, 0.05) is 18.9 Å². The summed E-state index contributed by atoms with van der Waals surface area (Å²) in [5.41, 5.74) is 7.79. The van der Waals surface area contributed by atoms with Crippen molar-refractivity contribution in [3.05, 3.63) is 36.2 Å². The lowest BCUT2D eigenvalue weighted by Crippen LogP contribution is -2.24. The average molecular weight is 276 g/mol. The predicted molar refractivity (Wildman–Crippen MR) is 75.4 cm³/mol. The SMILES string of the molecule is COc1cnn(CCN(C)C)c1C(N)c1cnccn1. The van der Waals surface area contributed by atoms with E-state index in [9.17, 15) is 0 Å². The number of aromatic nitrogens is 4. The minimum Gasteiger partial charge on any atom is -0.493 e. The molecule has 0 amide bonds. The summed E-state index contributed by atoms with van der Waals surface area (Å²) in [4.78, 5) is 10.4. The van der Waals surface area contributed by atoms with Crippen LogP contribution >= 0.6 is 0 Å². The van der Waals surface area contributed by atoms with Crippen LogP contribution in [0.2, 0.25) is 0 Å². The molecule has 2 N–H and O–H groups in total. The van der Waals surface area contributed by atoms with Crippen LogP contribution in [0, 0.1) is 0 Å². The number of methoxy groups -OCH3 is 1. The zero-order valence-corrected chi connectivity index (χ0v) is 12.0. The molecule has 0 aliphatic rings. The second kappa shape index (κ2) is 6.44. The quantitative estimate of drug-likeness (QED) is 0.816. The van der Waals surface area contributed by atoms with Crippen LogP contribution in [0.15, 0.2) is 24.8 Å². The summed E-state index contributed by atoms with van der Waals surface area (Å²) in [5.74, 6) is 0.668. The van der Waals surface area contributed by atoms with Gasteiger partial charge in [-0.05, 0) is 14.1 Å². The first-order chi connectivity index (χ1) is 9.63. The van der Waals surface area contributed by atoms with E-state index in [2.05, 4.69) is 20.0 Å². The van der Waals surface area contributed by atoms with E-state index in [-0.39, 0.29) is 0 Å². The molecule has 7 heteroatoms. The molecular weight excluding hydrogens is 256 g/mol. The Morgan fingerprint density at radius 2 is 2.15 bits per heavy atom. The number of nitrogens with zero attached hydrogens (tertiary/aromatic N) is 5. The highest BCUT2D eigenvalue weighted by Crippen LogP contribution is 2.26. The van der Waals surface area contributed by atoms with E-state index in [1.807, 2.05) is 18.8 Å². The zero-order valence-electron chi connectivity index (χ0n) is 12.0. The molecule has 2 aromatic rings. The van der Waals surface area contributed by atoms with Gasteiger partial charge in [0.2, 0.25) is 0 Å². The normalized spacial score (nSPS) is 12.7. The summed E-state index contributed by atoms with van der Waals surface area (Å²) in [7, 11) is 5.65. The number of rotatable bonds is 6. The molecule has 0 fully saturated rings. The third-order valence-corrected chi connectivity index (χ3v) is 3.02.